The van der Waals surface area contributed by atoms with Crippen LogP contribution in [0.2, 0.25) is 0 Å². The summed E-state index contributed by atoms with van der Waals surface area (Å²) in [6.45, 7) is 0. The topological polar surface area (TPSA) is 132 Å². The van der Waals surface area contributed by atoms with E-state index in [4.69, 9.17) is 4.74 Å². The molecule has 0 unspecified atom stereocenters. The van der Waals surface area contributed by atoms with E-state index < -0.39 is 16.9 Å². The number of hydrogen-bond donors (Lipinski definition) is 2. The molecule has 2 aromatic carbocycles. The molecular weight excluding hydrogens is 446 g/mol. The number of rotatable bonds is 7. The molecule has 3 aromatic rings. The van der Waals surface area contributed by atoms with E-state index >= 15 is 0 Å². The number of aromatic nitrogens is 3. The number of nitro benzene ring substituents is 1. The minimum absolute atomic E-state index is 0.162. The number of hydrogen-bond acceptors (Lipinski definition) is 8. The van der Waals surface area contributed by atoms with Gasteiger partial charge in [0.1, 0.15) is 18.2 Å². The van der Waals surface area contributed by atoms with Gasteiger partial charge in [-0.1, -0.05) is 6.42 Å². The SMILES string of the molecule is Cn1cnnc1Sc1ccc(C(=O)Nc2ccc(O[C@@H]3CCCC[C@H]3O)cc2)cc1[N+](=O)[O-]. The highest BCUT2D eigenvalue weighted by Gasteiger charge is 2.24. The Hall–Kier alpha value is -3.44. The van der Waals surface area contributed by atoms with Gasteiger partial charge in [-0.25, -0.2) is 0 Å². The van der Waals surface area contributed by atoms with Gasteiger partial charge in [-0.3, -0.25) is 14.9 Å². The summed E-state index contributed by atoms with van der Waals surface area (Å²) < 4.78 is 7.52. The molecule has 1 heterocycles. The monoisotopic (exact) mass is 469 g/mol. The third-order valence-corrected chi connectivity index (χ3v) is 6.47. The number of aliphatic hydroxyl groups is 1. The predicted molar refractivity (Wildman–Crippen MR) is 122 cm³/mol. The molecule has 172 valence electrons. The molecule has 0 radical (unpaired) electrons. The van der Waals surface area contributed by atoms with Crippen LogP contribution in [0, 0.1) is 10.1 Å². The zero-order valence-electron chi connectivity index (χ0n) is 17.9. The standard InChI is InChI=1S/C22H23N5O5S/c1-26-13-23-25-22(26)33-20-11-6-14(12-17(20)27(30)31)21(29)24-15-7-9-16(10-8-15)32-19-5-3-2-4-18(19)28/h6-13,18-19,28H,2-5H2,1H3,(H,24,29)/t18-,19-/m1/s1. The van der Waals surface area contributed by atoms with E-state index in [-0.39, 0.29) is 17.4 Å². The summed E-state index contributed by atoms with van der Waals surface area (Å²) in [5.41, 5.74) is 0.497. The van der Waals surface area contributed by atoms with Crippen LogP contribution in [0.4, 0.5) is 11.4 Å². The van der Waals surface area contributed by atoms with Crippen molar-refractivity contribution in [2.75, 3.05) is 5.32 Å². The van der Waals surface area contributed by atoms with Crippen LogP contribution >= 0.6 is 11.8 Å². The molecule has 0 saturated heterocycles. The number of carbonyl (C=O) groups is 1. The Bertz CT molecular complexity index is 1150. The van der Waals surface area contributed by atoms with E-state index in [0.717, 1.165) is 37.4 Å². The zero-order chi connectivity index (χ0) is 23.4. The zero-order valence-corrected chi connectivity index (χ0v) is 18.7. The summed E-state index contributed by atoms with van der Waals surface area (Å²) >= 11 is 1.10. The van der Waals surface area contributed by atoms with Crippen molar-refractivity contribution in [1.82, 2.24) is 14.8 Å². The number of amides is 1. The molecule has 2 N–H and O–H groups in total. The second-order valence-electron chi connectivity index (χ2n) is 7.75. The first kappa shape index (κ1) is 22.7. The summed E-state index contributed by atoms with van der Waals surface area (Å²) in [6, 6.07) is 11.1. The predicted octanol–water partition coefficient (Wildman–Crippen LogP) is 3.81. The molecule has 1 aliphatic carbocycles. The van der Waals surface area contributed by atoms with Gasteiger partial charge >= 0.3 is 0 Å². The number of ether oxygens (including phenoxy) is 1. The molecule has 1 amide bonds. The highest BCUT2D eigenvalue weighted by atomic mass is 32.2. The highest BCUT2D eigenvalue weighted by Crippen LogP contribution is 2.34. The molecule has 0 aliphatic heterocycles. The van der Waals surface area contributed by atoms with Crippen molar-refractivity contribution in [2.24, 2.45) is 7.05 Å². The van der Waals surface area contributed by atoms with Crippen LogP contribution in [0.25, 0.3) is 0 Å². The molecule has 1 saturated carbocycles. The number of benzene rings is 2. The first-order chi connectivity index (χ1) is 15.9. The Morgan fingerprint density at radius 3 is 2.67 bits per heavy atom. The number of nitro groups is 1. The van der Waals surface area contributed by atoms with Gasteiger partial charge in [0.15, 0.2) is 5.16 Å². The molecular formula is C22H23N5O5S. The van der Waals surface area contributed by atoms with Gasteiger partial charge in [0.2, 0.25) is 0 Å². The lowest BCUT2D eigenvalue weighted by molar-refractivity contribution is -0.387. The van der Waals surface area contributed by atoms with Crippen molar-refractivity contribution in [3.05, 3.63) is 64.5 Å². The minimum atomic E-state index is -0.526. The maximum atomic E-state index is 12.7. The van der Waals surface area contributed by atoms with Crippen molar-refractivity contribution in [2.45, 2.75) is 47.9 Å². The van der Waals surface area contributed by atoms with E-state index in [1.807, 2.05) is 0 Å². The van der Waals surface area contributed by atoms with Crippen LogP contribution < -0.4 is 10.1 Å². The van der Waals surface area contributed by atoms with Crippen LogP contribution in [0.15, 0.2) is 58.8 Å². The molecule has 0 spiro atoms. The normalized spacial score (nSPS) is 18.0. The van der Waals surface area contributed by atoms with E-state index in [1.165, 1.54) is 24.5 Å². The van der Waals surface area contributed by atoms with Crippen LogP contribution in [-0.2, 0) is 7.05 Å². The van der Waals surface area contributed by atoms with Gasteiger partial charge in [0.05, 0.1) is 15.9 Å². The highest BCUT2D eigenvalue weighted by molar-refractivity contribution is 7.99. The van der Waals surface area contributed by atoms with Crippen LogP contribution in [0.3, 0.4) is 0 Å². The summed E-state index contributed by atoms with van der Waals surface area (Å²) in [7, 11) is 1.74. The fourth-order valence-electron chi connectivity index (χ4n) is 3.56. The Morgan fingerprint density at radius 1 is 1.24 bits per heavy atom. The van der Waals surface area contributed by atoms with Crippen molar-refractivity contribution in [3.63, 3.8) is 0 Å². The van der Waals surface area contributed by atoms with E-state index in [2.05, 4.69) is 15.5 Å². The van der Waals surface area contributed by atoms with Crippen LogP contribution in [0.1, 0.15) is 36.0 Å². The number of anilines is 1. The molecule has 10 nitrogen and oxygen atoms in total. The smallest absolute Gasteiger partial charge is 0.284 e. The van der Waals surface area contributed by atoms with Crippen LogP contribution in [-0.4, -0.2) is 42.9 Å². The van der Waals surface area contributed by atoms with E-state index in [1.54, 1.807) is 35.9 Å². The first-order valence-corrected chi connectivity index (χ1v) is 11.3. The second kappa shape index (κ2) is 10.0. The molecule has 1 fully saturated rings. The molecule has 4 rings (SSSR count). The van der Waals surface area contributed by atoms with E-state index in [0.29, 0.717) is 21.5 Å². The second-order valence-corrected chi connectivity index (χ2v) is 8.76. The summed E-state index contributed by atoms with van der Waals surface area (Å²) in [5, 5.41) is 32.6. The van der Waals surface area contributed by atoms with Gasteiger partial charge in [-0.05, 0) is 67.4 Å². The van der Waals surface area contributed by atoms with Gasteiger partial charge in [0.25, 0.3) is 11.6 Å². The molecule has 1 aromatic heterocycles. The van der Waals surface area contributed by atoms with Crippen LogP contribution in [0.5, 0.6) is 5.75 Å². The molecule has 33 heavy (non-hydrogen) atoms. The van der Waals surface area contributed by atoms with Gasteiger partial charge in [0, 0.05) is 24.4 Å². The first-order valence-electron chi connectivity index (χ1n) is 10.5. The number of nitrogens with zero attached hydrogens (tertiary/aromatic N) is 4. The van der Waals surface area contributed by atoms with Crippen molar-refractivity contribution >= 4 is 29.0 Å². The summed E-state index contributed by atoms with van der Waals surface area (Å²) in [4.78, 5) is 24.1. The number of nitrogens with one attached hydrogen (secondary N) is 1. The Kier molecular flexibility index (Phi) is 6.90. The lowest BCUT2D eigenvalue weighted by Gasteiger charge is -2.28. The Labute approximate surface area is 194 Å². The summed E-state index contributed by atoms with van der Waals surface area (Å²) in [6.07, 6.45) is 4.39. The molecule has 2 atom stereocenters. The minimum Gasteiger partial charge on any atom is -0.488 e. The fraction of sp³-hybridized carbons (Fsp3) is 0.318. The Balaban J connectivity index is 1.44. The van der Waals surface area contributed by atoms with Gasteiger partial charge in [-0.2, -0.15) is 0 Å². The van der Waals surface area contributed by atoms with Gasteiger partial charge < -0.3 is 19.7 Å². The third kappa shape index (κ3) is 5.49. The molecule has 0 bridgehead atoms. The quantitative estimate of drug-likeness (QED) is 0.394. The third-order valence-electron chi connectivity index (χ3n) is 5.36. The average molecular weight is 470 g/mol. The lowest BCUT2D eigenvalue weighted by atomic mass is 9.95. The fourth-order valence-corrected chi connectivity index (χ4v) is 4.41. The summed E-state index contributed by atoms with van der Waals surface area (Å²) in [5.74, 6) is 0.143. The average Bonchev–Trinajstić information content (AvgIpc) is 3.21. The van der Waals surface area contributed by atoms with Crippen molar-refractivity contribution < 1.29 is 19.6 Å². The molecule has 11 heteroatoms. The molecule has 1 aliphatic rings. The van der Waals surface area contributed by atoms with E-state index in [9.17, 15) is 20.0 Å². The maximum absolute atomic E-state index is 12.7. The number of aryl methyl sites for hydroxylation is 1. The largest absolute Gasteiger partial charge is 0.488 e. The number of aliphatic hydroxyl groups excluding tert-OH is 1. The Morgan fingerprint density at radius 2 is 2.00 bits per heavy atom. The van der Waals surface area contributed by atoms with Crippen molar-refractivity contribution in [3.8, 4) is 5.75 Å². The lowest BCUT2D eigenvalue weighted by Crippen LogP contribution is -2.34. The maximum Gasteiger partial charge on any atom is 0.284 e. The van der Waals surface area contributed by atoms with Crippen molar-refractivity contribution in [1.29, 1.82) is 0 Å². The van der Waals surface area contributed by atoms with Gasteiger partial charge in [-0.15, -0.1) is 10.2 Å². The number of carbonyl (C=O) groups excluding carboxylic acids is 1.